The number of nitrogens with zero attached hydrogens (tertiary/aromatic N) is 2. The highest BCUT2D eigenvalue weighted by atomic mass is 35.5. The van der Waals surface area contributed by atoms with Crippen LogP contribution >= 0.6 is 46.8 Å². The van der Waals surface area contributed by atoms with Crippen molar-refractivity contribution in [3.05, 3.63) is 50.1 Å². The Kier molecular flexibility index (Phi) is 4.77. The molecule has 1 aliphatic heterocycles. The van der Waals surface area contributed by atoms with Crippen LogP contribution in [0.5, 0.6) is 5.75 Å². The first-order chi connectivity index (χ1) is 11.0. The van der Waals surface area contributed by atoms with E-state index in [4.69, 9.17) is 45.9 Å². The van der Waals surface area contributed by atoms with E-state index in [-0.39, 0.29) is 11.2 Å². The van der Waals surface area contributed by atoms with Crippen molar-refractivity contribution in [1.29, 1.82) is 0 Å². The first-order valence-electron chi connectivity index (χ1n) is 6.75. The topological polar surface area (TPSA) is 50.8 Å². The number of rotatable bonds is 3. The number of thiocarbonyl (C=S) groups is 1. The van der Waals surface area contributed by atoms with Gasteiger partial charge in [-0.05, 0) is 24.4 Å². The highest BCUT2D eigenvalue weighted by Crippen LogP contribution is 2.40. The fourth-order valence-corrected chi connectivity index (χ4v) is 4.27. The van der Waals surface area contributed by atoms with Gasteiger partial charge >= 0.3 is 0 Å². The average Bonchev–Trinajstić information content (AvgIpc) is 3.10. The molecule has 8 heteroatoms. The molecule has 3 rings (SSSR count). The molecule has 0 saturated carbocycles. The summed E-state index contributed by atoms with van der Waals surface area (Å²) in [5.74, 6) is 0.768. The van der Waals surface area contributed by atoms with Gasteiger partial charge in [-0.3, -0.25) is 0 Å². The van der Waals surface area contributed by atoms with Crippen LogP contribution in [0, 0.1) is 0 Å². The molecule has 4 nitrogen and oxygen atoms in total. The lowest BCUT2D eigenvalue weighted by Gasteiger charge is -2.23. The van der Waals surface area contributed by atoms with Crippen LogP contribution in [-0.4, -0.2) is 22.9 Å². The molecule has 2 heterocycles. The molecule has 0 spiro atoms. The van der Waals surface area contributed by atoms with Crippen LogP contribution in [0.1, 0.15) is 23.6 Å². The minimum absolute atomic E-state index is 0.131. The standard InChI is InChI=1S/C15H13Cl2N3OS2/c1-21-12-5-3-2-4-8(12)11-7-10(19-20(11)15(18)22)9-6-13(16)23-14(9)17/h2-6,11H,7H2,1H3,(H2,18,22). The van der Waals surface area contributed by atoms with Gasteiger partial charge in [0.1, 0.15) is 10.1 Å². The van der Waals surface area contributed by atoms with Crippen LogP contribution in [0.15, 0.2) is 35.4 Å². The molecule has 1 atom stereocenters. The summed E-state index contributed by atoms with van der Waals surface area (Å²) in [6.45, 7) is 0. The Morgan fingerprint density at radius 3 is 2.78 bits per heavy atom. The largest absolute Gasteiger partial charge is 0.496 e. The van der Waals surface area contributed by atoms with E-state index in [1.54, 1.807) is 12.1 Å². The first-order valence-corrected chi connectivity index (χ1v) is 8.73. The molecular weight excluding hydrogens is 373 g/mol. The molecule has 120 valence electrons. The number of halogens is 2. The number of nitrogens with two attached hydrogens (primary N) is 1. The van der Waals surface area contributed by atoms with Gasteiger partial charge in [-0.2, -0.15) is 5.10 Å². The van der Waals surface area contributed by atoms with Crippen LogP contribution in [0.2, 0.25) is 8.67 Å². The summed E-state index contributed by atoms with van der Waals surface area (Å²) in [5.41, 5.74) is 8.45. The minimum Gasteiger partial charge on any atom is -0.496 e. The Balaban J connectivity index is 2.01. The zero-order valence-electron chi connectivity index (χ0n) is 12.1. The average molecular weight is 386 g/mol. The molecule has 0 bridgehead atoms. The Hall–Kier alpha value is -1.34. The third-order valence-electron chi connectivity index (χ3n) is 3.60. The van der Waals surface area contributed by atoms with Crippen LogP contribution in [0.3, 0.4) is 0 Å². The van der Waals surface area contributed by atoms with Crippen LogP contribution < -0.4 is 10.5 Å². The molecular formula is C15H13Cl2N3OS2. The van der Waals surface area contributed by atoms with Gasteiger partial charge in [0.15, 0.2) is 5.11 Å². The second-order valence-corrected chi connectivity index (χ2v) is 7.63. The third kappa shape index (κ3) is 3.17. The number of benzene rings is 1. The molecule has 0 radical (unpaired) electrons. The summed E-state index contributed by atoms with van der Waals surface area (Å²) in [7, 11) is 1.64. The highest BCUT2D eigenvalue weighted by molar-refractivity contribution is 7.80. The number of methoxy groups -OCH3 is 1. The van der Waals surface area contributed by atoms with Crippen molar-refractivity contribution in [3.8, 4) is 5.75 Å². The van der Waals surface area contributed by atoms with Gasteiger partial charge in [0.05, 0.1) is 23.2 Å². The monoisotopic (exact) mass is 385 g/mol. The number of hydrogen-bond donors (Lipinski definition) is 1. The van der Waals surface area contributed by atoms with Gasteiger partial charge in [0.25, 0.3) is 0 Å². The van der Waals surface area contributed by atoms with E-state index < -0.39 is 0 Å². The van der Waals surface area contributed by atoms with Crippen molar-refractivity contribution in [2.24, 2.45) is 10.8 Å². The Bertz CT molecular complexity index is 791. The molecule has 0 saturated heterocycles. The molecule has 2 aromatic rings. The molecule has 2 N–H and O–H groups in total. The Labute approximate surface area is 153 Å². The fraction of sp³-hybridized carbons (Fsp3) is 0.200. The molecule has 0 amide bonds. The minimum atomic E-state index is -0.131. The van der Waals surface area contributed by atoms with Gasteiger partial charge in [-0.15, -0.1) is 11.3 Å². The van der Waals surface area contributed by atoms with E-state index in [1.165, 1.54) is 11.3 Å². The second-order valence-electron chi connectivity index (χ2n) is 4.93. The lowest BCUT2D eigenvalue weighted by Crippen LogP contribution is -2.31. The van der Waals surface area contributed by atoms with Gasteiger partial charge in [0, 0.05) is 17.5 Å². The first kappa shape index (κ1) is 16.5. The summed E-state index contributed by atoms with van der Waals surface area (Å²) in [4.78, 5) is 0. The Morgan fingerprint density at radius 1 is 1.43 bits per heavy atom. The van der Waals surface area contributed by atoms with E-state index in [1.807, 2.05) is 30.3 Å². The quantitative estimate of drug-likeness (QED) is 0.792. The molecule has 0 fully saturated rings. The van der Waals surface area contributed by atoms with Crippen molar-refractivity contribution in [2.45, 2.75) is 12.5 Å². The van der Waals surface area contributed by atoms with Crippen LogP contribution in [0.25, 0.3) is 0 Å². The maximum absolute atomic E-state index is 6.25. The maximum atomic E-state index is 6.25. The SMILES string of the molecule is COc1ccccc1C1CC(c2cc(Cl)sc2Cl)=NN1C(N)=S. The van der Waals surface area contributed by atoms with Gasteiger partial charge in [-0.1, -0.05) is 41.4 Å². The van der Waals surface area contributed by atoms with E-state index in [0.29, 0.717) is 15.1 Å². The molecule has 1 aromatic heterocycles. The lowest BCUT2D eigenvalue weighted by molar-refractivity contribution is 0.348. The summed E-state index contributed by atoms with van der Waals surface area (Å²) in [6, 6.07) is 9.43. The molecule has 1 aliphatic rings. The van der Waals surface area contributed by atoms with Crippen molar-refractivity contribution >= 4 is 57.6 Å². The number of ether oxygens (including phenoxy) is 1. The van der Waals surface area contributed by atoms with Crippen molar-refractivity contribution < 1.29 is 4.74 Å². The number of para-hydroxylation sites is 1. The molecule has 0 aliphatic carbocycles. The van der Waals surface area contributed by atoms with E-state index in [9.17, 15) is 0 Å². The number of hydrazone groups is 1. The summed E-state index contributed by atoms with van der Waals surface area (Å²) in [5, 5.41) is 6.39. The maximum Gasteiger partial charge on any atom is 0.187 e. The van der Waals surface area contributed by atoms with Crippen molar-refractivity contribution in [3.63, 3.8) is 0 Å². The molecule has 1 aromatic carbocycles. The zero-order valence-corrected chi connectivity index (χ0v) is 15.3. The van der Waals surface area contributed by atoms with E-state index in [2.05, 4.69) is 5.10 Å². The molecule has 1 unspecified atom stereocenters. The summed E-state index contributed by atoms with van der Waals surface area (Å²) >= 11 is 18.8. The van der Waals surface area contributed by atoms with Gasteiger partial charge in [0.2, 0.25) is 0 Å². The number of thiophene rings is 1. The van der Waals surface area contributed by atoms with Crippen molar-refractivity contribution in [1.82, 2.24) is 5.01 Å². The summed E-state index contributed by atoms with van der Waals surface area (Å²) < 4.78 is 6.68. The Morgan fingerprint density at radius 2 is 2.17 bits per heavy atom. The lowest BCUT2D eigenvalue weighted by atomic mass is 9.99. The van der Waals surface area contributed by atoms with E-state index in [0.717, 1.165) is 22.6 Å². The second kappa shape index (κ2) is 6.65. The van der Waals surface area contributed by atoms with Crippen LogP contribution in [-0.2, 0) is 0 Å². The fourth-order valence-electron chi connectivity index (χ4n) is 2.60. The third-order valence-corrected chi connectivity index (χ3v) is 5.28. The zero-order chi connectivity index (χ0) is 16.6. The van der Waals surface area contributed by atoms with Gasteiger partial charge in [-0.25, -0.2) is 5.01 Å². The van der Waals surface area contributed by atoms with Crippen LogP contribution in [0.4, 0.5) is 0 Å². The predicted octanol–water partition coefficient (Wildman–Crippen LogP) is 4.46. The highest BCUT2D eigenvalue weighted by Gasteiger charge is 2.33. The molecule has 23 heavy (non-hydrogen) atoms. The van der Waals surface area contributed by atoms with E-state index >= 15 is 0 Å². The summed E-state index contributed by atoms with van der Waals surface area (Å²) in [6.07, 6.45) is 0.616. The number of hydrogen-bond acceptors (Lipinski definition) is 4. The predicted molar refractivity (Wildman–Crippen MR) is 99.9 cm³/mol. The smallest absolute Gasteiger partial charge is 0.187 e. The van der Waals surface area contributed by atoms with Gasteiger partial charge < -0.3 is 10.5 Å². The normalized spacial score (nSPS) is 17.3. The van der Waals surface area contributed by atoms with Crippen molar-refractivity contribution in [2.75, 3.05) is 7.11 Å².